The van der Waals surface area contributed by atoms with Gasteiger partial charge in [-0.15, -0.1) is 0 Å². The van der Waals surface area contributed by atoms with E-state index in [4.69, 9.17) is 9.05 Å². The van der Waals surface area contributed by atoms with Crippen molar-refractivity contribution >= 4 is 17.0 Å². The Morgan fingerprint density at radius 2 is 1.96 bits per heavy atom. The number of carbonyl (C=O) groups excluding carboxylic acids is 1. The molecule has 28 heavy (non-hydrogen) atoms. The minimum Gasteiger partial charge on any atom is -0.356 e. The summed E-state index contributed by atoms with van der Waals surface area (Å²) in [7, 11) is 0. The fraction of sp³-hybridized carbons (Fsp3) is 0.474. The van der Waals surface area contributed by atoms with Crippen molar-refractivity contribution in [2.24, 2.45) is 0 Å². The summed E-state index contributed by atoms with van der Waals surface area (Å²) in [5.74, 6) is 1.43. The van der Waals surface area contributed by atoms with Gasteiger partial charge in [-0.2, -0.15) is 4.98 Å². The van der Waals surface area contributed by atoms with E-state index in [1.54, 1.807) is 11.0 Å². The summed E-state index contributed by atoms with van der Waals surface area (Å²) in [6.45, 7) is 1.49. The van der Waals surface area contributed by atoms with Gasteiger partial charge < -0.3 is 19.3 Å². The van der Waals surface area contributed by atoms with Crippen molar-refractivity contribution in [2.75, 3.05) is 13.1 Å². The smallest absolute Gasteiger partial charge is 0.317 e. The summed E-state index contributed by atoms with van der Waals surface area (Å²) < 4.78 is 23.8. The number of halogens is 1. The number of carbonyl (C=O) groups is 1. The maximum atomic E-state index is 13.3. The predicted molar refractivity (Wildman–Crippen MR) is 96.0 cm³/mol. The lowest BCUT2D eigenvalue weighted by atomic mass is 9.92. The quantitative estimate of drug-likeness (QED) is 0.740. The van der Waals surface area contributed by atoms with E-state index < -0.39 is 0 Å². The maximum absolute atomic E-state index is 13.3. The molecule has 1 aliphatic heterocycles. The second kappa shape index (κ2) is 6.88. The first kappa shape index (κ1) is 17.2. The van der Waals surface area contributed by atoms with Crippen LogP contribution in [0.25, 0.3) is 11.0 Å². The Labute approximate surface area is 160 Å². The van der Waals surface area contributed by atoms with E-state index >= 15 is 0 Å². The Morgan fingerprint density at radius 1 is 1.14 bits per heavy atom. The molecule has 5 rings (SSSR count). The standard InChI is InChI=1S/C19H20FN5O3/c20-13-3-4-14-15(9-13)27-24-17(14)11-5-7-25(8-6-11)19(26)21-10-16-22-18(28-23-16)12-1-2-12/h3-4,9,11-12H,1-2,5-8,10H2,(H,21,26). The Morgan fingerprint density at radius 3 is 2.75 bits per heavy atom. The maximum Gasteiger partial charge on any atom is 0.317 e. The van der Waals surface area contributed by atoms with Gasteiger partial charge in [0.05, 0.1) is 12.2 Å². The van der Waals surface area contributed by atoms with Crippen LogP contribution in [0.4, 0.5) is 9.18 Å². The molecule has 2 fully saturated rings. The number of benzene rings is 1. The van der Waals surface area contributed by atoms with Gasteiger partial charge in [-0.1, -0.05) is 10.3 Å². The molecule has 1 saturated carbocycles. The van der Waals surface area contributed by atoms with Crippen molar-refractivity contribution in [3.05, 3.63) is 41.4 Å². The summed E-state index contributed by atoms with van der Waals surface area (Å²) in [5.41, 5.74) is 1.30. The van der Waals surface area contributed by atoms with Crippen molar-refractivity contribution in [1.29, 1.82) is 0 Å². The van der Waals surface area contributed by atoms with Crippen LogP contribution in [0.1, 0.15) is 54.9 Å². The molecule has 0 spiro atoms. The van der Waals surface area contributed by atoms with Crippen molar-refractivity contribution in [2.45, 2.75) is 44.1 Å². The summed E-state index contributed by atoms with van der Waals surface area (Å²) in [4.78, 5) is 18.5. The van der Waals surface area contributed by atoms with Crippen LogP contribution in [-0.4, -0.2) is 39.3 Å². The van der Waals surface area contributed by atoms with Crippen LogP contribution in [0.15, 0.2) is 27.2 Å². The second-order valence-electron chi connectivity index (χ2n) is 7.45. The predicted octanol–water partition coefficient (Wildman–Crippen LogP) is 3.32. The first-order valence-corrected chi connectivity index (χ1v) is 9.57. The fourth-order valence-corrected chi connectivity index (χ4v) is 3.68. The molecule has 9 heteroatoms. The number of hydrogen-bond donors (Lipinski definition) is 1. The lowest BCUT2D eigenvalue weighted by Gasteiger charge is -2.31. The Kier molecular flexibility index (Phi) is 4.22. The zero-order chi connectivity index (χ0) is 19.1. The molecule has 0 atom stereocenters. The molecule has 0 bridgehead atoms. The molecule has 1 aliphatic carbocycles. The van der Waals surface area contributed by atoms with Crippen molar-refractivity contribution < 1.29 is 18.2 Å². The summed E-state index contributed by atoms with van der Waals surface area (Å²) in [5, 5.41) is 11.7. The minimum atomic E-state index is -0.340. The molecule has 3 heterocycles. The lowest BCUT2D eigenvalue weighted by molar-refractivity contribution is 0.179. The van der Waals surface area contributed by atoms with Crippen LogP contribution >= 0.6 is 0 Å². The number of hydrogen-bond acceptors (Lipinski definition) is 6. The van der Waals surface area contributed by atoms with Gasteiger partial charge in [-0.25, -0.2) is 9.18 Å². The van der Waals surface area contributed by atoms with E-state index in [2.05, 4.69) is 20.6 Å². The molecule has 2 amide bonds. The van der Waals surface area contributed by atoms with Gasteiger partial charge in [0.1, 0.15) is 5.82 Å². The second-order valence-corrected chi connectivity index (χ2v) is 7.45. The molecule has 2 aliphatic rings. The number of aromatic nitrogens is 3. The summed E-state index contributed by atoms with van der Waals surface area (Å²) in [6, 6.07) is 4.33. The third-order valence-electron chi connectivity index (χ3n) is 5.44. The fourth-order valence-electron chi connectivity index (χ4n) is 3.68. The molecule has 146 valence electrons. The number of piperidine rings is 1. The number of nitrogens with one attached hydrogen (secondary N) is 1. The lowest BCUT2D eigenvalue weighted by Crippen LogP contribution is -2.44. The number of urea groups is 1. The minimum absolute atomic E-state index is 0.136. The zero-order valence-electron chi connectivity index (χ0n) is 15.2. The molecule has 1 N–H and O–H groups in total. The average molecular weight is 385 g/mol. The molecule has 1 aromatic carbocycles. The molecule has 0 unspecified atom stereocenters. The number of likely N-dealkylation sites (tertiary alicyclic amines) is 1. The largest absolute Gasteiger partial charge is 0.356 e. The first-order chi connectivity index (χ1) is 13.7. The number of fused-ring (bicyclic) bond motifs is 1. The van der Waals surface area contributed by atoms with E-state index in [1.807, 2.05) is 0 Å². The highest BCUT2D eigenvalue weighted by atomic mass is 19.1. The molecule has 0 radical (unpaired) electrons. The van der Waals surface area contributed by atoms with Gasteiger partial charge in [0.2, 0.25) is 5.89 Å². The Hall–Kier alpha value is -2.97. The van der Waals surface area contributed by atoms with Crippen LogP contribution < -0.4 is 5.32 Å². The number of rotatable bonds is 4. The number of amides is 2. The average Bonchev–Trinajstić information content (AvgIpc) is 3.31. The van der Waals surface area contributed by atoms with E-state index in [-0.39, 0.29) is 24.3 Å². The van der Waals surface area contributed by atoms with Gasteiger partial charge in [0.15, 0.2) is 11.4 Å². The van der Waals surface area contributed by atoms with Gasteiger partial charge >= 0.3 is 6.03 Å². The monoisotopic (exact) mass is 385 g/mol. The van der Waals surface area contributed by atoms with E-state index in [0.717, 1.165) is 36.8 Å². The third kappa shape index (κ3) is 3.32. The third-order valence-corrected chi connectivity index (χ3v) is 5.44. The van der Waals surface area contributed by atoms with Gasteiger partial charge in [-0.05, 0) is 37.8 Å². The van der Waals surface area contributed by atoms with Crippen LogP contribution in [0.5, 0.6) is 0 Å². The van der Waals surface area contributed by atoms with Crippen molar-refractivity contribution in [3.63, 3.8) is 0 Å². The van der Waals surface area contributed by atoms with E-state index in [1.165, 1.54) is 12.1 Å². The van der Waals surface area contributed by atoms with Crippen LogP contribution in [0.2, 0.25) is 0 Å². The van der Waals surface area contributed by atoms with Gasteiger partial charge in [0.25, 0.3) is 0 Å². The first-order valence-electron chi connectivity index (χ1n) is 9.57. The Bertz CT molecular complexity index is 1000. The van der Waals surface area contributed by atoms with Crippen LogP contribution in [-0.2, 0) is 6.54 Å². The van der Waals surface area contributed by atoms with Gasteiger partial charge in [0, 0.05) is 36.4 Å². The molecule has 2 aromatic heterocycles. The van der Waals surface area contributed by atoms with Gasteiger partial charge in [-0.3, -0.25) is 0 Å². The molecule has 3 aromatic rings. The van der Waals surface area contributed by atoms with Crippen LogP contribution in [0, 0.1) is 5.82 Å². The zero-order valence-corrected chi connectivity index (χ0v) is 15.2. The normalized spacial score (nSPS) is 18.0. The molecular weight excluding hydrogens is 365 g/mol. The van der Waals surface area contributed by atoms with Crippen molar-refractivity contribution in [3.8, 4) is 0 Å². The van der Waals surface area contributed by atoms with Crippen molar-refractivity contribution in [1.82, 2.24) is 25.5 Å². The Balaban J connectivity index is 1.16. The molecule has 8 nitrogen and oxygen atoms in total. The van der Waals surface area contributed by atoms with Crippen LogP contribution in [0.3, 0.4) is 0 Å². The summed E-state index contributed by atoms with van der Waals surface area (Å²) in [6.07, 6.45) is 3.75. The number of nitrogens with zero attached hydrogens (tertiary/aromatic N) is 4. The highest BCUT2D eigenvalue weighted by Gasteiger charge is 2.30. The SMILES string of the molecule is O=C(NCc1noc(C2CC2)n1)N1CCC(c2noc3cc(F)ccc23)CC1. The summed E-state index contributed by atoms with van der Waals surface area (Å²) >= 11 is 0. The molecule has 1 saturated heterocycles. The van der Waals surface area contributed by atoms with E-state index in [0.29, 0.717) is 36.3 Å². The topological polar surface area (TPSA) is 97.3 Å². The van der Waals surface area contributed by atoms with E-state index in [9.17, 15) is 9.18 Å². The molecular formula is C19H20FN5O3. The highest BCUT2D eigenvalue weighted by molar-refractivity contribution is 5.80. The highest BCUT2D eigenvalue weighted by Crippen LogP contribution is 2.38.